The summed E-state index contributed by atoms with van der Waals surface area (Å²) in [5, 5.41) is 3.12. The van der Waals surface area contributed by atoms with Gasteiger partial charge in [0, 0.05) is 50.7 Å². The van der Waals surface area contributed by atoms with E-state index >= 15 is 0 Å². The van der Waals surface area contributed by atoms with Gasteiger partial charge in [-0.2, -0.15) is 0 Å². The summed E-state index contributed by atoms with van der Waals surface area (Å²) in [6, 6.07) is 9.70. The van der Waals surface area contributed by atoms with Crippen LogP contribution in [0.15, 0.2) is 42.7 Å². The van der Waals surface area contributed by atoms with Gasteiger partial charge in [-0.25, -0.2) is 9.97 Å². The van der Waals surface area contributed by atoms with E-state index in [1.54, 1.807) is 12.4 Å². The van der Waals surface area contributed by atoms with Gasteiger partial charge in [-0.05, 0) is 43.7 Å². The fraction of sp³-hybridized carbons (Fsp3) is 0.455. The second kappa shape index (κ2) is 9.03. The number of aromatic nitrogens is 2. The Labute approximate surface area is 171 Å². The number of carbonyl (C=O) groups is 2. The van der Waals surface area contributed by atoms with Gasteiger partial charge in [0.1, 0.15) is 0 Å². The fourth-order valence-corrected chi connectivity index (χ4v) is 4.04. The maximum atomic E-state index is 12.8. The van der Waals surface area contributed by atoms with E-state index in [1.165, 1.54) is 0 Å². The highest BCUT2D eigenvalue weighted by atomic mass is 16.2. The average molecular weight is 393 g/mol. The van der Waals surface area contributed by atoms with Crippen LogP contribution in [0.1, 0.15) is 42.5 Å². The molecule has 2 aliphatic heterocycles. The molecule has 0 aliphatic carbocycles. The molecule has 7 heteroatoms. The first kappa shape index (κ1) is 19.4. The Kier molecular flexibility index (Phi) is 6.03. The van der Waals surface area contributed by atoms with E-state index in [0.717, 1.165) is 57.5 Å². The normalized spacial score (nSPS) is 17.6. The number of hydrogen-bond acceptors (Lipinski definition) is 5. The summed E-state index contributed by atoms with van der Waals surface area (Å²) in [5.41, 5.74) is 1.43. The lowest BCUT2D eigenvalue weighted by Gasteiger charge is -2.32. The van der Waals surface area contributed by atoms with E-state index in [0.29, 0.717) is 29.8 Å². The number of rotatable bonds is 6. The van der Waals surface area contributed by atoms with Crippen LogP contribution in [0.2, 0.25) is 0 Å². The number of nitrogens with one attached hydrogen (secondary N) is 1. The second-order valence-corrected chi connectivity index (χ2v) is 7.79. The molecule has 1 aromatic carbocycles. The smallest absolute Gasteiger partial charge is 0.256 e. The molecule has 0 saturated carbocycles. The topological polar surface area (TPSA) is 78.4 Å². The summed E-state index contributed by atoms with van der Waals surface area (Å²) in [7, 11) is 0. The van der Waals surface area contributed by atoms with Gasteiger partial charge in [-0.3, -0.25) is 9.59 Å². The number of benzene rings is 1. The van der Waals surface area contributed by atoms with Crippen LogP contribution < -0.4 is 5.32 Å². The van der Waals surface area contributed by atoms with Gasteiger partial charge in [0.15, 0.2) is 0 Å². The Balaban J connectivity index is 1.25. The Bertz CT molecular complexity index is 832. The van der Waals surface area contributed by atoms with Crippen molar-refractivity contribution in [3.05, 3.63) is 48.3 Å². The maximum absolute atomic E-state index is 12.8. The second-order valence-electron chi connectivity index (χ2n) is 7.79. The molecule has 7 nitrogen and oxygen atoms in total. The summed E-state index contributed by atoms with van der Waals surface area (Å²) in [6.07, 6.45) is 7.89. The molecule has 2 fully saturated rings. The van der Waals surface area contributed by atoms with Crippen LogP contribution in [-0.4, -0.2) is 57.8 Å². The SMILES string of the molecule is O=C1CCCN1CCC1CCN(C(=O)c2cnc(Nc3ccccc3)nc2)CC1. The van der Waals surface area contributed by atoms with Crippen LogP contribution in [0.4, 0.5) is 11.6 Å². The van der Waals surface area contributed by atoms with E-state index in [9.17, 15) is 9.59 Å². The molecule has 2 aliphatic rings. The monoisotopic (exact) mass is 393 g/mol. The van der Waals surface area contributed by atoms with Gasteiger partial charge < -0.3 is 15.1 Å². The Morgan fingerprint density at radius 1 is 1.07 bits per heavy atom. The summed E-state index contributed by atoms with van der Waals surface area (Å²) in [4.78, 5) is 36.9. The molecule has 1 aromatic heterocycles. The number of carbonyl (C=O) groups excluding carboxylic acids is 2. The van der Waals surface area contributed by atoms with Crippen molar-refractivity contribution in [2.24, 2.45) is 5.92 Å². The minimum absolute atomic E-state index is 0.00979. The Morgan fingerprint density at radius 2 is 1.79 bits per heavy atom. The molecule has 2 saturated heterocycles. The highest BCUT2D eigenvalue weighted by molar-refractivity contribution is 5.93. The largest absolute Gasteiger partial charge is 0.343 e. The van der Waals surface area contributed by atoms with Gasteiger partial charge in [-0.1, -0.05) is 18.2 Å². The van der Waals surface area contributed by atoms with Crippen molar-refractivity contribution in [1.82, 2.24) is 19.8 Å². The summed E-state index contributed by atoms with van der Waals surface area (Å²) >= 11 is 0. The van der Waals surface area contributed by atoms with Crippen LogP contribution in [0.3, 0.4) is 0 Å². The summed E-state index contributed by atoms with van der Waals surface area (Å²) in [6.45, 7) is 3.27. The van der Waals surface area contributed by atoms with Gasteiger partial charge >= 0.3 is 0 Å². The molecule has 0 unspecified atom stereocenters. The van der Waals surface area contributed by atoms with E-state index in [4.69, 9.17) is 0 Å². The van der Waals surface area contributed by atoms with Gasteiger partial charge in [0.05, 0.1) is 5.56 Å². The zero-order chi connectivity index (χ0) is 20.1. The lowest BCUT2D eigenvalue weighted by Crippen LogP contribution is -2.39. The molecular formula is C22H27N5O2. The molecule has 2 aromatic rings. The lowest BCUT2D eigenvalue weighted by atomic mass is 9.93. The molecule has 29 heavy (non-hydrogen) atoms. The number of para-hydroxylation sites is 1. The van der Waals surface area contributed by atoms with Crippen LogP contribution >= 0.6 is 0 Å². The van der Waals surface area contributed by atoms with Crippen LogP contribution in [0.5, 0.6) is 0 Å². The molecule has 3 heterocycles. The number of nitrogens with zero attached hydrogens (tertiary/aromatic N) is 4. The third kappa shape index (κ3) is 4.91. The molecule has 152 valence electrons. The summed E-state index contributed by atoms with van der Waals surface area (Å²) in [5.74, 6) is 1.34. The standard InChI is InChI=1S/C22H27N5O2/c28-20-7-4-11-26(20)12-8-17-9-13-27(14-10-17)21(29)18-15-23-22(24-16-18)25-19-5-2-1-3-6-19/h1-3,5-6,15-17H,4,7-14H2,(H,23,24,25). The first-order valence-corrected chi connectivity index (χ1v) is 10.4. The molecule has 2 amide bonds. The zero-order valence-electron chi connectivity index (χ0n) is 16.6. The van der Waals surface area contributed by atoms with Crippen LogP contribution in [-0.2, 0) is 4.79 Å². The van der Waals surface area contributed by atoms with Crippen molar-refractivity contribution < 1.29 is 9.59 Å². The van der Waals surface area contributed by atoms with Gasteiger partial charge in [0.2, 0.25) is 11.9 Å². The van der Waals surface area contributed by atoms with Crippen LogP contribution in [0.25, 0.3) is 0 Å². The fourth-order valence-electron chi connectivity index (χ4n) is 4.04. The van der Waals surface area contributed by atoms with Crippen molar-refractivity contribution >= 4 is 23.5 Å². The average Bonchev–Trinajstić information content (AvgIpc) is 3.18. The predicted octanol–water partition coefficient (Wildman–Crippen LogP) is 3.08. The first-order chi connectivity index (χ1) is 14.2. The number of hydrogen-bond donors (Lipinski definition) is 1. The van der Waals surface area contributed by atoms with Gasteiger partial charge in [0.25, 0.3) is 5.91 Å². The zero-order valence-corrected chi connectivity index (χ0v) is 16.6. The molecule has 4 rings (SSSR count). The quantitative estimate of drug-likeness (QED) is 0.816. The van der Waals surface area contributed by atoms with Crippen molar-refractivity contribution in [1.29, 1.82) is 0 Å². The summed E-state index contributed by atoms with van der Waals surface area (Å²) < 4.78 is 0. The Hall–Kier alpha value is -2.96. The van der Waals surface area contributed by atoms with E-state index in [2.05, 4.69) is 15.3 Å². The van der Waals surface area contributed by atoms with Gasteiger partial charge in [-0.15, -0.1) is 0 Å². The third-order valence-corrected chi connectivity index (χ3v) is 5.81. The molecule has 0 atom stereocenters. The van der Waals surface area contributed by atoms with Crippen molar-refractivity contribution in [2.45, 2.75) is 32.1 Å². The number of likely N-dealkylation sites (tertiary alicyclic amines) is 2. The van der Waals surface area contributed by atoms with Crippen LogP contribution in [0, 0.1) is 5.92 Å². The maximum Gasteiger partial charge on any atom is 0.256 e. The van der Waals surface area contributed by atoms with E-state index in [-0.39, 0.29) is 5.91 Å². The highest BCUT2D eigenvalue weighted by Gasteiger charge is 2.26. The third-order valence-electron chi connectivity index (χ3n) is 5.81. The molecule has 1 N–H and O–H groups in total. The Morgan fingerprint density at radius 3 is 2.45 bits per heavy atom. The molecule has 0 radical (unpaired) electrons. The molecular weight excluding hydrogens is 366 g/mol. The number of piperidine rings is 1. The number of amides is 2. The van der Waals surface area contributed by atoms with E-state index in [1.807, 2.05) is 40.1 Å². The first-order valence-electron chi connectivity index (χ1n) is 10.4. The van der Waals surface area contributed by atoms with Crippen molar-refractivity contribution in [3.63, 3.8) is 0 Å². The predicted molar refractivity (Wildman–Crippen MR) is 111 cm³/mol. The van der Waals surface area contributed by atoms with Crippen molar-refractivity contribution in [2.75, 3.05) is 31.5 Å². The highest BCUT2D eigenvalue weighted by Crippen LogP contribution is 2.23. The molecule has 0 bridgehead atoms. The van der Waals surface area contributed by atoms with E-state index < -0.39 is 0 Å². The van der Waals surface area contributed by atoms with Crippen molar-refractivity contribution in [3.8, 4) is 0 Å². The minimum atomic E-state index is -0.00979. The minimum Gasteiger partial charge on any atom is -0.343 e. The number of anilines is 2. The molecule has 0 spiro atoms. The lowest BCUT2D eigenvalue weighted by molar-refractivity contribution is -0.127.